The molecule has 102 valence electrons. The van der Waals surface area contributed by atoms with E-state index in [1.807, 2.05) is 5.32 Å². The molecule has 3 rings (SSSR count). The van der Waals surface area contributed by atoms with Gasteiger partial charge in [0.25, 0.3) is 11.8 Å². The molecule has 2 aliphatic heterocycles. The standard InChI is InChI=1S/C13H11N3O4/c14-7-3-1-2-6-10(7)13(20)16(12(6)19)8-4-5-9(17)15-11(8)18/h1-3,8H,4-5,14H2,(H,15,17,18)/t8-/m1/s1/i8D. The van der Waals surface area contributed by atoms with Gasteiger partial charge in [0, 0.05) is 12.1 Å². The number of carbonyl (C=O) groups is 4. The summed E-state index contributed by atoms with van der Waals surface area (Å²) in [5.41, 5.74) is 5.88. The molecular formula is C13H11N3O4. The lowest BCUT2D eigenvalue weighted by atomic mass is 10.0. The van der Waals surface area contributed by atoms with Gasteiger partial charge in [0.1, 0.15) is 6.02 Å². The fourth-order valence-electron chi connectivity index (χ4n) is 2.38. The first-order chi connectivity index (χ1) is 9.86. The van der Waals surface area contributed by atoms with Crippen molar-refractivity contribution in [1.82, 2.24) is 10.2 Å². The summed E-state index contributed by atoms with van der Waals surface area (Å²) in [5.74, 6) is -3.04. The highest BCUT2D eigenvalue weighted by atomic mass is 16.2. The Bertz CT molecular complexity index is 717. The van der Waals surface area contributed by atoms with E-state index in [0.717, 1.165) is 0 Å². The second-order valence-electron chi connectivity index (χ2n) is 4.54. The molecule has 0 bridgehead atoms. The van der Waals surface area contributed by atoms with Crippen LogP contribution >= 0.6 is 0 Å². The van der Waals surface area contributed by atoms with E-state index in [9.17, 15) is 19.2 Å². The lowest BCUT2D eigenvalue weighted by Crippen LogP contribution is -2.54. The van der Waals surface area contributed by atoms with Crippen LogP contribution in [0.5, 0.6) is 0 Å². The summed E-state index contributed by atoms with van der Waals surface area (Å²) in [7, 11) is 0. The van der Waals surface area contributed by atoms with Gasteiger partial charge in [-0.15, -0.1) is 0 Å². The van der Waals surface area contributed by atoms with Gasteiger partial charge in [-0.2, -0.15) is 0 Å². The van der Waals surface area contributed by atoms with Crippen molar-refractivity contribution < 1.29 is 20.5 Å². The first-order valence-electron chi connectivity index (χ1n) is 6.48. The van der Waals surface area contributed by atoms with Crippen molar-refractivity contribution in [3.63, 3.8) is 0 Å². The van der Waals surface area contributed by atoms with Gasteiger partial charge in [-0.25, -0.2) is 0 Å². The molecule has 1 aromatic rings. The minimum atomic E-state index is -2.13. The van der Waals surface area contributed by atoms with E-state index in [4.69, 9.17) is 7.10 Å². The molecule has 20 heavy (non-hydrogen) atoms. The number of amides is 4. The molecule has 3 N–H and O–H groups in total. The second kappa shape index (κ2) is 4.16. The summed E-state index contributed by atoms with van der Waals surface area (Å²) in [6.45, 7) is 0. The van der Waals surface area contributed by atoms with E-state index < -0.39 is 29.6 Å². The van der Waals surface area contributed by atoms with E-state index in [-0.39, 0.29) is 29.7 Å². The van der Waals surface area contributed by atoms with Crippen LogP contribution in [-0.2, 0) is 9.59 Å². The number of nitrogens with one attached hydrogen (secondary N) is 1. The number of benzene rings is 1. The van der Waals surface area contributed by atoms with E-state index in [1.54, 1.807) is 0 Å². The quantitative estimate of drug-likeness (QED) is 0.538. The Morgan fingerprint density at radius 3 is 2.65 bits per heavy atom. The number of nitrogen functional groups attached to an aromatic ring is 1. The maximum absolute atomic E-state index is 12.4. The highest BCUT2D eigenvalue weighted by molar-refractivity contribution is 6.25. The summed E-state index contributed by atoms with van der Waals surface area (Å²) < 4.78 is 8.20. The number of hydrogen-bond acceptors (Lipinski definition) is 5. The smallest absolute Gasteiger partial charge is 0.264 e. The van der Waals surface area contributed by atoms with Crippen molar-refractivity contribution in [2.75, 3.05) is 5.73 Å². The van der Waals surface area contributed by atoms with Gasteiger partial charge < -0.3 is 5.73 Å². The molecule has 7 heteroatoms. The molecule has 2 heterocycles. The topological polar surface area (TPSA) is 110 Å². The number of piperidine rings is 1. The lowest BCUT2D eigenvalue weighted by Gasteiger charge is -2.27. The van der Waals surface area contributed by atoms with Crippen LogP contribution in [-0.4, -0.2) is 34.5 Å². The number of nitrogens with two attached hydrogens (primary N) is 1. The van der Waals surface area contributed by atoms with Crippen LogP contribution in [0, 0.1) is 0 Å². The zero-order valence-corrected chi connectivity index (χ0v) is 10.3. The summed E-state index contributed by atoms with van der Waals surface area (Å²) in [6.07, 6.45) is -0.346. The molecule has 0 unspecified atom stereocenters. The molecular weight excluding hydrogens is 262 g/mol. The maximum Gasteiger partial charge on any atom is 0.264 e. The molecule has 0 spiro atoms. The van der Waals surface area contributed by atoms with Gasteiger partial charge in [0.15, 0.2) is 0 Å². The van der Waals surface area contributed by atoms with Crippen LogP contribution in [0.2, 0.25) is 0 Å². The Hall–Kier alpha value is -2.70. The number of fused-ring (bicyclic) bond motifs is 1. The molecule has 1 atom stereocenters. The fourth-order valence-corrected chi connectivity index (χ4v) is 2.38. The molecule has 4 amide bonds. The summed E-state index contributed by atoms with van der Waals surface area (Å²) in [5, 5.41) is 1.99. The van der Waals surface area contributed by atoms with Crippen molar-refractivity contribution in [3.8, 4) is 0 Å². The van der Waals surface area contributed by atoms with Gasteiger partial charge in [-0.05, 0) is 18.6 Å². The molecule has 0 aromatic heterocycles. The van der Waals surface area contributed by atoms with E-state index in [0.29, 0.717) is 4.90 Å². The van der Waals surface area contributed by atoms with Gasteiger partial charge >= 0.3 is 0 Å². The minimum absolute atomic E-state index is 0.00109. The van der Waals surface area contributed by atoms with Crippen molar-refractivity contribution in [3.05, 3.63) is 29.3 Å². The zero-order chi connectivity index (χ0) is 15.4. The molecule has 1 aromatic carbocycles. The summed E-state index contributed by atoms with van der Waals surface area (Å²) >= 11 is 0. The van der Waals surface area contributed by atoms with E-state index >= 15 is 0 Å². The minimum Gasteiger partial charge on any atom is -0.398 e. The molecule has 2 aliphatic rings. The maximum atomic E-state index is 12.4. The zero-order valence-electron chi connectivity index (χ0n) is 11.3. The van der Waals surface area contributed by atoms with Crippen LogP contribution in [0.1, 0.15) is 34.9 Å². The predicted octanol–water partition coefficient (Wildman–Crippen LogP) is -0.330. The normalized spacial score (nSPS) is 26.4. The average molecular weight is 274 g/mol. The highest BCUT2D eigenvalue weighted by Gasteiger charge is 2.45. The van der Waals surface area contributed by atoms with Crippen LogP contribution < -0.4 is 11.1 Å². The first kappa shape index (κ1) is 11.2. The number of anilines is 1. The predicted molar refractivity (Wildman–Crippen MR) is 67.5 cm³/mol. The van der Waals surface area contributed by atoms with Crippen molar-refractivity contribution in [2.45, 2.75) is 18.9 Å². The highest BCUT2D eigenvalue weighted by Crippen LogP contribution is 2.30. The molecule has 0 radical (unpaired) electrons. The van der Waals surface area contributed by atoms with Crippen LogP contribution in [0.3, 0.4) is 0 Å². The molecule has 1 fully saturated rings. The Morgan fingerprint density at radius 1 is 1.25 bits per heavy atom. The van der Waals surface area contributed by atoms with E-state index in [1.165, 1.54) is 18.2 Å². The van der Waals surface area contributed by atoms with Crippen LogP contribution in [0.15, 0.2) is 18.2 Å². The molecule has 0 saturated carbocycles. The van der Waals surface area contributed by atoms with Gasteiger partial charge in [-0.3, -0.25) is 29.4 Å². The third kappa shape index (κ3) is 1.59. The average Bonchev–Trinajstić information content (AvgIpc) is 2.68. The van der Waals surface area contributed by atoms with Gasteiger partial charge in [-0.1, -0.05) is 6.07 Å². The Kier molecular flexibility index (Phi) is 2.32. The summed E-state index contributed by atoms with van der Waals surface area (Å²) in [4.78, 5) is 48.5. The van der Waals surface area contributed by atoms with Crippen LogP contribution in [0.25, 0.3) is 0 Å². The lowest BCUT2D eigenvalue weighted by molar-refractivity contribution is -0.136. The van der Waals surface area contributed by atoms with Crippen molar-refractivity contribution >= 4 is 29.3 Å². The largest absolute Gasteiger partial charge is 0.398 e. The first-order valence-corrected chi connectivity index (χ1v) is 5.98. The SMILES string of the molecule is [2H][C@@]1(N2C(=O)c3cccc(N)c3C2=O)CCC(=O)NC1=O. The van der Waals surface area contributed by atoms with E-state index in [2.05, 4.69) is 0 Å². The fraction of sp³-hybridized carbons (Fsp3) is 0.231. The number of carbonyl (C=O) groups excluding carboxylic acids is 4. The molecule has 1 saturated heterocycles. The Balaban J connectivity index is 2.08. The number of hydrogen-bond donors (Lipinski definition) is 2. The van der Waals surface area contributed by atoms with Crippen molar-refractivity contribution in [2.24, 2.45) is 0 Å². The van der Waals surface area contributed by atoms with Gasteiger partial charge in [0.2, 0.25) is 11.8 Å². The monoisotopic (exact) mass is 274 g/mol. The Labute approximate surface area is 115 Å². The number of imide groups is 2. The number of rotatable bonds is 1. The third-order valence-corrected chi connectivity index (χ3v) is 3.32. The van der Waals surface area contributed by atoms with Crippen molar-refractivity contribution in [1.29, 1.82) is 0 Å². The molecule has 0 aliphatic carbocycles. The second-order valence-corrected chi connectivity index (χ2v) is 4.54. The Morgan fingerprint density at radius 2 is 2.00 bits per heavy atom. The number of nitrogens with zero attached hydrogens (tertiary/aromatic N) is 1. The van der Waals surface area contributed by atoms with Gasteiger partial charge in [0.05, 0.1) is 12.5 Å². The van der Waals surface area contributed by atoms with Crippen LogP contribution in [0.4, 0.5) is 5.69 Å². The molecule has 7 nitrogen and oxygen atoms in total. The summed E-state index contributed by atoms with van der Waals surface area (Å²) in [6, 6.07) is 2.27. The third-order valence-electron chi connectivity index (χ3n) is 3.32.